The first-order valence-electron chi connectivity index (χ1n) is 7.56. The number of hydrogen-bond acceptors (Lipinski definition) is 5. The van der Waals surface area contributed by atoms with Crippen molar-refractivity contribution in [2.24, 2.45) is 18.7 Å². The maximum absolute atomic E-state index is 12.5. The number of fused-ring (bicyclic) bond motifs is 1. The van der Waals surface area contributed by atoms with Gasteiger partial charge in [-0.25, -0.2) is 4.79 Å². The van der Waals surface area contributed by atoms with Crippen molar-refractivity contribution in [2.75, 3.05) is 18.4 Å². The second-order valence-electron chi connectivity index (χ2n) is 5.72. The van der Waals surface area contributed by atoms with Gasteiger partial charge in [0.25, 0.3) is 5.56 Å². The zero-order chi connectivity index (χ0) is 16.4. The molecule has 0 aromatic carbocycles. The molecule has 2 heterocycles. The fourth-order valence-electron chi connectivity index (χ4n) is 2.51. The van der Waals surface area contributed by atoms with Crippen molar-refractivity contribution < 1.29 is 0 Å². The quantitative estimate of drug-likeness (QED) is 0.779. The molecule has 2 aromatic heterocycles. The van der Waals surface area contributed by atoms with Crippen LogP contribution < -0.4 is 22.3 Å². The Labute approximate surface area is 128 Å². The molecule has 0 aliphatic carbocycles. The third-order valence-corrected chi connectivity index (χ3v) is 3.52. The number of hydrogen-bond donors (Lipinski definition) is 2. The molecule has 0 saturated heterocycles. The van der Waals surface area contributed by atoms with Crippen molar-refractivity contribution >= 4 is 17.1 Å². The summed E-state index contributed by atoms with van der Waals surface area (Å²) >= 11 is 0. The molecule has 0 bridgehead atoms. The number of nitrogens with two attached hydrogens (primary N) is 1. The van der Waals surface area contributed by atoms with E-state index >= 15 is 0 Å². The van der Waals surface area contributed by atoms with Crippen LogP contribution >= 0.6 is 0 Å². The highest BCUT2D eigenvalue weighted by Crippen LogP contribution is 2.16. The Kier molecular flexibility index (Phi) is 4.70. The van der Waals surface area contributed by atoms with E-state index in [0.29, 0.717) is 43.3 Å². The molecule has 122 valence electrons. The number of nitrogens with zero attached hydrogens (tertiary/aromatic N) is 4. The van der Waals surface area contributed by atoms with Gasteiger partial charge in [-0.1, -0.05) is 13.8 Å². The molecule has 2 rings (SSSR count). The summed E-state index contributed by atoms with van der Waals surface area (Å²) in [5.41, 5.74) is 5.74. The smallest absolute Gasteiger partial charge is 0.332 e. The standard InChI is InChI=1S/C14H24N6O2/c1-5-19-10-11(17-13(19)16-7-6-15)20(8-9(2)3)14(22)18(4)12(10)21/h9H,5-8,15H2,1-4H3,(H,16,17). The first kappa shape index (κ1) is 16.3. The van der Waals surface area contributed by atoms with Crippen LogP contribution in [0.1, 0.15) is 20.8 Å². The zero-order valence-electron chi connectivity index (χ0n) is 13.6. The van der Waals surface area contributed by atoms with Gasteiger partial charge in [-0.2, -0.15) is 4.98 Å². The average molecular weight is 308 g/mol. The van der Waals surface area contributed by atoms with E-state index in [1.54, 1.807) is 9.13 Å². The Hall–Kier alpha value is -2.09. The third-order valence-electron chi connectivity index (χ3n) is 3.52. The molecule has 8 nitrogen and oxygen atoms in total. The minimum Gasteiger partial charge on any atom is -0.354 e. The summed E-state index contributed by atoms with van der Waals surface area (Å²) in [5.74, 6) is 0.841. The molecule has 0 aliphatic rings. The van der Waals surface area contributed by atoms with E-state index in [2.05, 4.69) is 10.3 Å². The van der Waals surface area contributed by atoms with Crippen molar-refractivity contribution in [2.45, 2.75) is 33.9 Å². The van der Waals surface area contributed by atoms with E-state index in [4.69, 9.17) is 5.73 Å². The number of nitrogens with one attached hydrogen (secondary N) is 1. The summed E-state index contributed by atoms with van der Waals surface area (Å²) in [6.45, 7) is 8.09. The summed E-state index contributed by atoms with van der Waals surface area (Å²) in [7, 11) is 1.50. The molecule has 0 unspecified atom stereocenters. The van der Waals surface area contributed by atoms with Gasteiger partial charge < -0.3 is 15.6 Å². The number of imidazole rings is 1. The summed E-state index contributed by atoms with van der Waals surface area (Å²) < 4.78 is 4.51. The molecule has 0 fully saturated rings. The van der Waals surface area contributed by atoms with Gasteiger partial charge in [0, 0.05) is 33.2 Å². The maximum Gasteiger partial charge on any atom is 0.332 e. The summed E-state index contributed by atoms with van der Waals surface area (Å²) in [5, 5.41) is 3.11. The van der Waals surface area contributed by atoms with Crippen molar-refractivity contribution in [3.63, 3.8) is 0 Å². The van der Waals surface area contributed by atoms with E-state index < -0.39 is 0 Å². The van der Waals surface area contributed by atoms with Gasteiger partial charge in [0.15, 0.2) is 11.2 Å². The highest BCUT2D eigenvalue weighted by atomic mass is 16.2. The molecule has 0 atom stereocenters. The lowest BCUT2D eigenvalue weighted by atomic mass is 10.2. The molecule has 0 saturated carbocycles. The third kappa shape index (κ3) is 2.66. The summed E-state index contributed by atoms with van der Waals surface area (Å²) in [6, 6.07) is 0. The topological polar surface area (TPSA) is 99.9 Å². The molecular weight excluding hydrogens is 284 g/mol. The molecule has 8 heteroatoms. The van der Waals surface area contributed by atoms with Crippen molar-refractivity contribution in [3.8, 4) is 0 Å². The van der Waals surface area contributed by atoms with Gasteiger partial charge in [-0.05, 0) is 12.8 Å². The zero-order valence-corrected chi connectivity index (χ0v) is 13.6. The lowest BCUT2D eigenvalue weighted by Crippen LogP contribution is -2.39. The van der Waals surface area contributed by atoms with E-state index in [1.807, 2.05) is 20.8 Å². The van der Waals surface area contributed by atoms with Gasteiger partial charge in [0.05, 0.1) is 0 Å². The Bertz CT molecular complexity index is 783. The number of aryl methyl sites for hydroxylation is 1. The lowest BCUT2D eigenvalue weighted by Gasteiger charge is -2.11. The van der Waals surface area contributed by atoms with Gasteiger partial charge in [0.1, 0.15) is 0 Å². The first-order chi connectivity index (χ1) is 10.4. The number of rotatable bonds is 6. The van der Waals surface area contributed by atoms with Crippen LogP contribution in [-0.4, -0.2) is 31.8 Å². The number of aromatic nitrogens is 4. The van der Waals surface area contributed by atoms with Crippen molar-refractivity contribution in [1.82, 2.24) is 18.7 Å². The first-order valence-corrected chi connectivity index (χ1v) is 7.56. The van der Waals surface area contributed by atoms with Crippen LogP contribution in [0.15, 0.2) is 9.59 Å². The molecule has 0 aliphatic heterocycles. The van der Waals surface area contributed by atoms with E-state index in [-0.39, 0.29) is 17.2 Å². The Balaban J connectivity index is 2.82. The maximum atomic E-state index is 12.5. The fourth-order valence-corrected chi connectivity index (χ4v) is 2.51. The molecule has 3 N–H and O–H groups in total. The van der Waals surface area contributed by atoms with Crippen molar-refractivity contribution in [1.29, 1.82) is 0 Å². The molecular formula is C14H24N6O2. The molecule has 2 aromatic rings. The minimum absolute atomic E-state index is 0.269. The van der Waals surface area contributed by atoms with E-state index in [0.717, 1.165) is 4.57 Å². The fraction of sp³-hybridized carbons (Fsp3) is 0.643. The Morgan fingerprint density at radius 1 is 1.27 bits per heavy atom. The van der Waals surface area contributed by atoms with E-state index in [1.165, 1.54) is 7.05 Å². The largest absolute Gasteiger partial charge is 0.354 e. The van der Waals surface area contributed by atoms with Gasteiger partial charge in [-0.15, -0.1) is 0 Å². The predicted octanol–water partition coefficient (Wildman–Crippen LogP) is -0.0568. The minimum atomic E-state index is -0.336. The SMILES string of the molecule is CCn1c(NCCN)nc2c1c(=O)n(C)c(=O)n2CC(C)C. The normalized spacial score (nSPS) is 11.5. The van der Waals surface area contributed by atoms with Crippen LogP contribution in [-0.2, 0) is 20.1 Å². The van der Waals surface area contributed by atoms with Gasteiger partial charge in [0.2, 0.25) is 5.95 Å². The Morgan fingerprint density at radius 3 is 2.50 bits per heavy atom. The van der Waals surface area contributed by atoms with Crippen LogP contribution in [0.4, 0.5) is 5.95 Å². The summed E-state index contributed by atoms with van der Waals surface area (Å²) in [4.78, 5) is 29.4. The van der Waals surface area contributed by atoms with Gasteiger partial charge in [-0.3, -0.25) is 13.9 Å². The molecule has 0 amide bonds. The van der Waals surface area contributed by atoms with Crippen LogP contribution in [0.25, 0.3) is 11.2 Å². The monoisotopic (exact) mass is 308 g/mol. The lowest BCUT2D eigenvalue weighted by molar-refractivity contribution is 0.500. The summed E-state index contributed by atoms with van der Waals surface area (Å²) in [6.07, 6.45) is 0. The molecule has 0 radical (unpaired) electrons. The average Bonchev–Trinajstić information content (AvgIpc) is 2.85. The second-order valence-corrected chi connectivity index (χ2v) is 5.72. The molecule has 0 spiro atoms. The second kappa shape index (κ2) is 6.35. The number of anilines is 1. The molecule has 22 heavy (non-hydrogen) atoms. The Morgan fingerprint density at radius 2 is 1.95 bits per heavy atom. The van der Waals surface area contributed by atoms with Crippen LogP contribution in [0.2, 0.25) is 0 Å². The van der Waals surface area contributed by atoms with Gasteiger partial charge >= 0.3 is 5.69 Å². The van der Waals surface area contributed by atoms with Crippen molar-refractivity contribution in [3.05, 3.63) is 20.8 Å². The van der Waals surface area contributed by atoms with Crippen LogP contribution in [0.5, 0.6) is 0 Å². The van der Waals surface area contributed by atoms with Crippen LogP contribution in [0.3, 0.4) is 0 Å². The predicted molar refractivity (Wildman–Crippen MR) is 87.3 cm³/mol. The van der Waals surface area contributed by atoms with Crippen LogP contribution in [0, 0.1) is 5.92 Å². The highest BCUT2D eigenvalue weighted by Gasteiger charge is 2.19. The van der Waals surface area contributed by atoms with E-state index in [9.17, 15) is 9.59 Å². The highest BCUT2D eigenvalue weighted by molar-refractivity contribution is 5.74.